The van der Waals surface area contributed by atoms with Crippen LogP contribution < -0.4 is 5.32 Å². The lowest BCUT2D eigenvalue weighted by molar-refractivity contribution is -0.140. The molecule has 0 unspecified atom stereocenters. The highest BCUT2D eigenvalue weighted by molar-refractivity contribution is 7.99. The van der Waals surface area contributed by atoms with E-state index >= 15 is 0 Å². The van der Waals surface area contributed by atoms with Crippen LogP contribution in [0, 0.1) is 0 Å². The van der Waals surface area contributed by atoms with E-state index in [2.05, 4.69) is 17.4 Å². The van der Waals surface area contributed by atoms with Crippen molar-refractivity contribution in [1.29, 1.82) is 0 Å². The molecule has 0 spiro atoms. The van der Waals surface area contributed by atoms with Gasteiger partial charge in [-0.05, 0) is 56.0 Å². The molecular weight excluding hydrogens is 428 g/mol. The average Bonchev–Trinajstić information content (AvgIpc) is 2.78. The molecule has 2 amide bonds. The minimum atomic E-state index is -0.453. The minimum Gasteiger partial charge on any atom is -0.352 e. The number of rotatable bonds is 12. The fourth-order valence-corrected chi connectivity index (χ4v) is 4.23. The number of thioether (sulfide) groups is 1. The monoisotopic (exact) mass is 460 g/mol. The summed E-state index contributed by atoms with van der Waals surface area (Å²) in [6.45, 7) is 6.52. The van der Waals surface area contributed by atoms with Crippen LogP contribution in [0.1, 0.15) is 45.6 Å². The van der Waals surface area contributed by atoms with Crippen molar-refractivity contribution in [2.75, 3.05) is 12.3 Å². The van der Waals surface area contributed by atoms with Gasteiger partial charge in [-0.1, -0.05) is 55.8 Å². The van der Waals surface area contributed by atoms with Gasteiger partial charge in [0.05, 0.1) is 0 Å². The van der Waals surface area contributed by atoms with Crippen LogP contribution in [-0.2, 0) is 16.0 Å². The van der Waals surface area contributed by atoms with E-state index in [1.807, 2.05) is 63.2 Å². The molecule has 31 heavy (non-hydrogen) atoms. The summed E-state index contributed by atoms with van der Waals surface area (Å²) in [5.41, 5.74) is 1.16. The highest BCUT2D eigenvalue weighted by atomic mass is 35.5. The molecule has 6 heteroatoms. The summed E-state index contributed by atoms with van der Waals surface area (Å²) < 4.78 is 0. The predicted octanol–water partition coefficient (Wildman–Crippen LogP) is 5.59. The quantitative estimate of drug-likeness (QED) is 0.420. The van der Waals surface area contributed by atoms with Gasteiger partial charge in [-0.2, -0.15) is 0 Å². The molecule has 0 radical (unpaired) electrons. The molecule has 0 saturated carbocycles. The molecule has 1 N–H and O–H groups in total. The first-order chi connectivity index (χ1) is 14.9. The van der Waals surface area contributed by atoms with Crippen molar-refractivity contribution < 1.29 is 9.59 Å². The summed E-state index contributed by atoms with van der Waals surface area (Å²) >= 11 is 7.57. The Bertz CT molecular complexity index is 814. The van der Waals surface area contributed by atoms with Crippen LogP contribution in [0.25, 0.3) is 0 Å². The maximum atomic E-state index is 13.2. The molecule has 0 aliphatic carbocycles. The van der Waals surface area contributed by atoms with Gasteiger partial charge in [-0.3, -0.25) is 9.59 Å². The Kier molecular flexibility index (Phi) is 11.0. The Morgan fingerprint density at radius 3 is 2.32 bits per heavy atom. The third-order valence-corrected chi connectivity index (χ3v) is 6.54. The first-order valence-electron chi connectivity index (χ1n) is 11.0. The van der Waals surface area contributed by atoms with Crippen molar-refractivity contribution in [3.8, 4) is 0 Å². The summed E-state index contributed by atoms with van der Waals surface area (Å²) in [6, 6.07) is 17.3. The molecule has 168 valence electrons. The molecule has 0 saturated heterocycles. The molecule has 2 rings (SSSR count). The van der Waals surface area contributed by atoms with Crippen molar-refractivity contribution >= 4 is 35.2 Å². The number of benzene rings is 2. The second-order valence-corrected chi connectivity index (χ2v) is 9.22. The Labute approximate surface area is 195 Å². The summed E-state index contributed by atoms with van der Waals surface area (Å²) in [6.07, 6.45) is 2.56. The van der Waals surface area contributed by atoms with Gasteiger partial charge in [-0.15, -0.1) is 11.8 Å². The fourth-order valence-electron chi connectivity index (χ4n) is 3.27. The van der Waals surface area contributed by atoms with E-state index in [-0.39, 0.29) is 17.9 Å². The normalized spacial score (nSPS) is 12.8. The third-order valence-electron chi connectivity index (χ3n) is 5.27. The smallest absolute Gasteiger partial charge is 0.243 e. The zero-order valence-electron chi connectivity index (χ0n) is 18.6. The van der Waals surface area contributed by atoms with Gasteiger partial charge < -0.3 is 10.2 Å². The second kappa shape index (κ2) is 13.4. The van der Waals surface area contributed by atoms with Gasteiger partial charge in [0.2, 0.25) is 11.8 Å². The Balaban J connectivity index is 2.05. The molecule has 0 bridgehead atoms. The Hall–Kier alpha value is -1.98. The second-order valence-electron chi connectivity index (χ2n) is 7.62. The molecule has 2 aromatic carbocycles. The summed E-state index contributed by atoms with van der Waals surface area (Å²) in [5.74, 6) is 0.610. The molecular formula is C25H33ClN2O2S. The molecule has 0 aromatic heterocycles. The molecule has 0 fully saturated rings. The van der Waals surface area contributed by atoms with Crippen LogP contribution in [-0.4, -0.2) is 41.1 Å². The van der Waals surface area contributed by atoms with E-state index in [1.165, 1.54) is 0 Å². The molecule has 2 atom stereocenters. The van der Waals surface area contributed by atoms with Crippen LogP contribution in [0.5, 0.6) is 0 Å². The number of nitrogens with zero attached hydrogens (tertiary/aromatic N) is 1. The standard InChI is InChI=1S/C25H33ClN2O2S/c1-4-19(3)27-25(30)23(5-2)28(17-15-20-9-7-6-8-10-20)24(29)16-18-31-22-13-11-21(26)12-14-22/h6-14,19,23H,4-5,15-18H2,1-3H3,(H,27,30)/t19-,23+/m1/s1. The number of carbonyl (C=O) groups is 2. The van der Waals surface area contributed by atoms with Gasteiger partial charge in [0, 0.05) is 34.7 Å². The average molecular weight is 461 g/mol. The molecule has 0 aliphatic rings. The number of hydrogen-bond acceptors (Lipinski definition) is 3. The van der Waals surface area contributed by atoms with E-state index in [0.29, 0.717) is 30.2 Å². The summed E-state index contributed by atoms with van der Waals surface area (Å²) in [4.78, 5) is 28.9. The number of amides is 2. The van der Waals surface area contributed by atoms with E-state index < -0.39 is 6.04 Å². The van der Waals surface area contributed by atoms with Crippen molar-refractivity contribution in [2.45, 2.75) is 63.4 Å². The number of carbonyl (C=O) groups excluding carboxylic acids is 2. The lowest BCUT2D eigenvalue weighted by Crippen LogP contribution is -2.51. The molecule has 4 nitrogen and oxygen atoms in total. The topological polar surface area (TPSA) is 49.4 Å². The first-order valence-corrected chi connectivity index (χ1v) is 12.3. The van der Waals surface area contributed by atoms with E-state index in [9.17, 15) is 9.59 Å². The van der Waals surface area contributed by atoms with Crippen LogP contribution in [0.3, 0.4) is 0 Å². The third kappa shape index (κ3) is 8.58. The van der Waals surface area contributed by atoms with E-state index in [4.69, 9.17) is 11.6 Å². The van der Waals surface area contributed by atoms with Gasteiger partial charge in [0.1, 0.15) is 6.04 Å². The largest absolute Gasteiger partial charge is 0.352 e. The van der Waals surface area contributed by atoms with Crippen LogP contribution in [0.15, 0.2) is 59.5 Å². The zero-order chi connectivity index (χ0) is 22.6. The van der Waals surface area contributed by atoms with Gasteiger partial charge >= 0.3 is 0 Å². The first kappa shape index (κ1) is 25.3. The predicted molar refractivity (Wildman–Crippen MR) is 131 cm³/mol. The number of hydrogen-bond donors (Lipinski definition) is 1. The number of halogens is 1. The maximum Gasteiger partial charge on any atom is 0.243 e. The Morgan fingerprint density at radius 2 is 1.71 bits per heavy atom. The SMILES string of the molecule is CC[C@@H](C)NC(=O)[C@H](CC)N(CCc1ccccc1)C(=O)CCSc1ccc(Cl)cc1. The van der Waals surface area contributed by atoms with Crippen molar-refractivity contribution in [3.63, 3.8) is 0 Å². The summed E-state index contributed by atoms with van der Waals surface area (Å²) in [7, 11) is 0. The van der Waals surface area contributed by atoms with Crippen molar-refractivity contribution in [1.82, 2.24) is 10.2 Å². The van der Waals surface area contributed by atoms with E-state index in [0.717, 1.165) is 23.3 Å². The lowest BCUT2D eigenvalue weighted by Gasteiger charge is -2.31. The minimum absolute atomic E-state index is 0.0172. The zero-order valence-corrected chi connectivity index (χ0v) is 20.2. The van der Waals surface area contributed by atoms with E-state index in [1.54, 1.807) is 16.7 Å². The summed E-state index contributed by atoms with van der Waals surface area (Å²) in [5, 5.41) is 3.75. The van der Waals surface area contributed by atoms with Crippen molar-refractivity contribution in [3.05, 3.63) is 65.2 Å². The fraction of sp³-hybridized carbons (Fsp3) is 0.440. The van der Waals surface area contributed by atoms with Crippen molar-refractivity contribution in [2.24, 2.45) is 0 Å². The lowest BCUT2D eigenvalue weighted by atomic mass is 10.1. The van der Waals surface area contributed by atoms with Gasteiger partial charge in [-0.25, -0.2) is 0 Å². The van der Waals surface area contributed by atoms with Crippen LogP contribution >= 0.6 is 23.4 Å². The highest BCUT2D eigenvalue weighted by Gasteiger charge is 2.28. The highest BCUT2D eigenvalue weighted by Crippen LogP contribution is 2.22. The molecule has 0 heterocycles. The molecule has 0 aliphatic heterocycles. The van der Waals surface area contributed by atoms with Gasteiger partial charge in [0.15, 0.2) is 0 Å². The van der Waals surface area contributed by atoms with Crippen LogP contribution in [0.4, 0.5) is 0 Å². The molecule has 2 aromatic rings. The van der Waals surface area contributed by atoms with Gasteiger partial charge in [0.25, 0.3) is 0 Å². The van der Waals surface area contributed by atoms with Crippen LogP contribution in [0.2, 0.25) is 5.02 Å². The maximum absolute atomic E-state index is 13.2. The number of nitrogens with one attached hydrogen (secondary N) is 1. The Morgan fingerprint density at radius 1 is 1.03 bits per heavy atom.